The van der Waals surface area contributed by atoms with Crippen molar-refractivity contribution in [2.24, 2.45) is 5.92 Å². The highest BCUT2D eigenvalue weighted by Crippen LogP contribution is 2.33. The molecular formula is C16H22F3NO. The van der Waals surface area contributed by atoms with Crippen molar-refractivity contribution in [2.75, 3.05) is 26.2 Å². The van der Waals surface area contributed by atoms with E-state index in [1.165, 1.54) is 6.07 Å². The molecule has 118 valence electrons. The molecule has 0 unspecified atom stereocenters. The summed E-state index contributed by atoms with van der Waals surface area (Å²) in [6.45, 7) is 2.67. The lowest BCUT2D eigenvalue weighted by Gasteiger charge is -2.32. The van der Waals surface area contributed by atoms with Gasteiger partial charge in [-0.3, -0.25) is 0 Å². The Morgan fingerprint density at radius 1 is 1.24 bits per heavy atom. The van der Waals surface area contributed by atoms with Gasteiger partial charge < -0.3 is 10.0 Å². The molecule has 0 bridgehead atoms. The van der Waals surface area contributed by atoms with E-state index >= 15 is 0 Å². The second-order valence-corrected chi connectivity index (χ2v) is 5.73. The number of β-amino-alcohol motifs (C(OH)–C–C–N with tert-alkyl or cyclic N) is 1. The molecule has 2 rings (SSSR count). The van der Waals surface area contributed by atoms with Crippen LogP contribution in [-0.2, 0) is 12.6 Å². The number of piperidine rings is 1. The van der Waals surface area contributed by atoms with Crippen molar-refractivity contribution < 1.29 is 18.3 Å². The molecule has 1 aromatic rings. The van der Waals surface area contributed by atoms with Crippen molar-refractivity contribution in [1.82, 2.24) is 4.90 Å². The summed E-state index contributed by atoms with van der Waals surface area (Å²) in [5.41, 5.74) is -0.114. The molecule has 21 heavy (non-hydrogen) atoms. The first-order valence-electron chi connectivity index (χ1n) is 7.49. The minimum atomic E-state index is -4.27. The van der Waals surface area contributed by atoms with Crippen molar-refractivity contribution in [3.63, 3.8) is 0 Å². The van der Waals surface area contributed by atoms with E-state index < -0.39 is 11.7 Å². The highest BCUT2D eigenvalue weighted by Gasteiger charge is 2.32. The summed E-state index contributed by atoms with van der Waals surface area (Å²) in [6, 6.07) is 5.85. The van der Waals surface area contributed by atoms with Crippen LogP contribution in [0.15, 0.2) is 24.3 Å². The largest absolute Gasteiger partial charge is 0.416 e. The van der Waals surface area contributed by atoms with Crippen LogP contribution in [0.2, 0.25) is 0 Å². The lowest BCUT2D eigenvalue weighted by molar-refractivity contribution is -0.138. The molecule has 1 aliphatic rings. The summed E-state index contributed by atoms with van der Waals surface area (Å²) < 4.78 is 38.8. The van der Waals surface area contributed by atoms with Gasteiger partial charge in [0.1, 0.15) is 0 Å². The van der Waals surface area contributed by atoms with E-state index in [0.717, 1.165) is 38.4 Å². The van der Waals surface area contributed by atoms with E-state index in [0.29, 0.717) is 24.4 Å². The minimum absolute atomic E-state index is 0.142. The molecule has 1 atom stereocenters. The molecule has 1 aromatic carbocycles. The topological polar surface area (TPSA) is 23.5 Å². The van der Waals surface area contributed by atoms with Gasteiger partial charge in [-0.25, -0.2) is 0 Å². The first-order valence-corrected chi connectivity index (χ1v) is 7.49. The number of aryl methyl sites for hydroxylation is 1. The summed E-state index contributed by atoms with van der Waals surface area (Å²) in [5, 5.41) is 8.97. The number of hydrogen-bond donors (Lipinski definition) is 1. The van der Waals surface area contributed by atoms with Crippen LogP contribution in [0.1, 0.15) is 30.4 Å². The Hall–Kier alpha value is -1.07. The van der Waals surface area contributed by atoms with Crippen LogP contribution in [0.25, 0.3) is 0 Å². The van der Waals surface area contributed by atoms with E-state index in [9.17, 15) is 13.2 Å². The van der Waals surface area contributed by atoms with Crippen LogP contribution in [0, 0.1) is 5.92 Å². The molecule has 0 aliphatic carbocycles. The van der Waals surface area contributed by atoms with E-state index in [4.69, 9.17) is 5.11 Å². The number of halogens is 3. The van der Waals surface area contributed by atoms with Crippen LogP contribution in [0.4, 0.5) is 13.2 Å². The highest BCUT2D eigenvalue weighted by molar-refractivity contribution is 5.29. The SMILES string of the molecule is OCCN1CCC[C@H](CCc2ccccc2C(F)(F)F)C1. The average molecular weight is 301 g/mol. The van der Waals surface area contributed by atoms with Gasteiger partial charge in [-0.1, -0.05) is 18.2 Å². The molecule has 0 radical (unpaired) electrons. The molecule has 1 N–H and O–H groups in total. The maximum absolute atomic E-state index is 12.9. The summed E-state index contributed by atoms with van der Waals surface area (Å²) in [5.74, 6) is 0.423. The highest BCUT2D eigenvalue weighted by atomic mass is 19.4. The third-order valence-electron chi connectivity index (χ3n) is 4.16. The summed E-state index contributed by atoms with van der Waals surface area (Å²) in [7, 11) is 0. The quantitative estimate of drug-likeness (QED) is 0.901. The predicted molar refractivity (Wildman–Crippen MR) is 76.0 cm³/mol. The first-order chi connectivity index (χ1) is 10.0. The molecule has 0 spiro atoms. The minimum Gasteiger partial charge on any atom is -0.395 e. The van der Waals surface area contributed by atoms with Gasteiger partial charge in [0.25, 0.3) is 0 Å². The monoisotopic (exact) mass is 301 g/mol. The summed E-state index contributed by atoms with van der Waals surface area (Å²) >= 11 is 0. The van der Waals surface area contributed by atoms with Crippen molar-refractivity contribution in [3.8, 4) is 0 Å². The van der Waals surface area contributed by atoms with Gasteiger partial charge in [0.2, 0.25) is 0 Å². The molecule has 1 heterocycles. The molecule has 1 aliphatic heterocycles. The Balaban J connectivity index is 1.94. The van der Waals surface area contributed by atoms with E-state index in [1.54, 1.807) is 12.1 Å². The summed E-state index contributed by atoms with van der Waals surface area (Å²) in [4.78, 5) is 2.20. The van der Waals surface area contributed by atoms with Crippen LogP contribution >= 0.6 is 0 Å². The van der Waals surface area contributed by atoms with Crippen molar-refractivity contribution in [2.45, 2.75) is 31.9 Å². The molecule has 1 fully saturated rings. The third-order valence-corrected chi connectivity index (χ3v) is 4.16. The number of likely N-dealkylation sites (tertiary alicyclic amines) is 1. The number of alkyl halides is 3. The van der Waals surface area contributed by atoms with Gasteiger partial charge in [0, 0.05) is 13.1 Å². The zero-order chi connectivity index (χ0) is 15.3. The number of rotatable bonds is 5. The zero-order valence-electron chi connectivity index (χ0n) is 12.1. The molecule has 0 saturated carbocycles. The van der Waals surface area contributed by atoms with Crippen LogP contribution in [0.5, 0.6) is 0 Å². The second kappa shape index (κ2) is 7.27. The lowest BCUT2D eigenvalue weighted by Crippen LogP contribution is -2.37. The molecule has 2 nitrogen and oxygen atoms in total. The van der Waals surface area contributed by atoms with Gasteiger partial charge in [0.15, 0.2) is 0 Å². The van der Waals surface area contributed by atoms with E-state index in [1.807, 2.05) is 0 Å². The summed E-state index contributed by atoms with van der Waals surface area (Å²) in [6.07, 6.45) is -0.907. The Labute approximate surface area is 123 Å². The fourth-order valence-corrected chi connectivity index (χ4v) is 3.11. The number of aliphatic hydroxyl groups is 1. The molecule has 1 saturated heterocycles. The number of hydrogen-bond acceptors (Lipinski definition) is 2. The van der Waals surface area contributed by atoms with Gasteiger partial charge in [0.05, 0.1) is 12.2 Å². The van der Waals surface area contributed by atoms with Crippen LogP contribution in [0.3, 0.4) is 0 Å². The average Bonchev–Trinajstić information content (AvgIpc) is 2.45. The molecule has 0 aromatic heterocycles. The van der Waals surface area contributed by atoms with Gasteiger partial charge in [-0.2, -0.15) is 13.2 Å². The zero-order valence-corrected chi connectivity index (χ0v) is 12.1. The van der Waals surface area contributed by atoms with Crippen molar-refractivity contribution in [1.29, 1.82) is 0 Å². The standard InChI is InChI=1S/C16H22F3NO/c17-16(18,19)15-6-2-1-5-14(15)8-7-13-4-3-9-20(12-13)10-11-21/h1-2,5-6,13,21H,3-4,7-12H2/t13-/m1/s1. The number of benzene rings is 1. The van der Waals surface area contributed by atoms with Gasteiger partial charge >= 0.3 is 6.18 Å². The fourth-order valence-electron chi connectivity index (χ4n) is 3.11. The fraction of sp³-hybridized carbons (Fsp3) is 0.625. The van der Waals surface area contributed by atoms with Gasteiger partial charge in [-0.15, -0.1) is 0 Å². The molecular weight excluding hydrogens is 279 g/mol. The lowest BCUT2D eigenvalue weighted by atomic mass is 9.90. The molecule has 5 heteroatoms. The smallest absolute Gasteiger partial charge is 0.395 e. The normalized spacial score (nSPS) is 20.7. The van der Waals surface area contributed by atoms with Gasteiger partial charge in [-0.05, 0) is 49.8 Å². The Kier molecular flexibility index (Phi) is 5.65. The number of nitrogens with zero attached hydrogens (tertiary/aromatic N) is 1. The maximum Gasteiger partial charge on any atom is 0.416 e. The second-order valence-electron chi connectivity index (χ2n) is 5.73. The molecule has 0 amide bonds. The van der Waals surface area contributed by atoms with Crippen molar-refractivity contribution >= 4 is 0 Å². The van der Waals surface area contributed by atoms with E-state index in [-0.39, 0.29) is 6.61 Å². The Morgan fingerprint density at radius 2 is 2.00 bits per heavy atom. The third kappa shape index (κ3) is 4.71. The van der Waals surface area contributed by atoms with E-state index in [2.05, 4.69) is 4.90 Å². The van der Waals surface area contributed by atoms with Crippen molar-refractivity contribution in [3.05, 3.63) is 35.4 Å². The first kappa shape index (κ1) is 16.3. The maximum atomic E-state index is 12.9. The van der Waals surface area contributed by atoms with Crippen LogP contribution < -0.4 is 0 Å². The Morgan fingerprint density at radius 3 is 2.71 bits per heavy atom. The number of aliphatic hydroxyl groups excluding tert-OH is 1. The van der Waals surface area contributed by atoms with Crippen LogP contribution in [-0.4, -0.2) is 36.2 Å². The Bertz CT molecular complexity index is 445. The predicted octanol–water partition coefficient (Wildman–Crippen LogP) is 3.34.